The molecule has 5 rings (SSSR count). The van der Waals surface area contributed by atoms with Gasteiger partial charge < -0.3 is 9.64 Å². The third-order valence-electron chi connectivity index (χ3n) is 6.36. The molecule has 0 aliphatic carbocycles. The van der Waals surface area contributed by atoms with Crippen LogP contribution in [-0.4, -0.2) is 52.1 Å². The highest BCUT2D eigenvalue weighted by molar-refractivity contribution is 6.31. The number of nitrogens with zero attached hydrogens (tertiary/aromatic N) is 3. The fourth-order valence-electron chi connectivity index (χ4n) is 4.45. The molecule has 1 atom stereocenters. The van der Waals surface area contributed by atoms with Crippen molar-refractivity contribution in [3.8, 4) is 16.9 Å². The summed E-state index contributed by atoms with van der Waals surface area (Å²) in [5.74, 6) is -1.49. The van der Waals surface area contributed by atoms with Crippen molar-refractivity contribution in [2.75, 3.05) is 25.0 Å². The summed E-state index contributed by atoms with van der Waals surface area (Å²) in [5.41, 5.74) is 1.98. The number of hydrogen-bond donors (Lipinski definition) is 1. The van der Waals surface area contributed by atoms with Crippen LogP contribution in [0.25, 0.3) is 16.9 Å². The molecule has 0 saturated carbocycles. The zero-order valence-electron chi connectivity index (χ0n) is 20.8. The summed E-state index contributed by atoms with van der Waals surface area (Å²) in [4.78, 5) is 32.6. The molecule has 1 unspecified atom stereocenters. The van der Waals surface area contributed by atoms with E-state index in [-0.39, 0.29) is 30.7 Å². The number of aromatic nitrogens is 2. The Labute approximate surface area is 235 Å². The minimum absolute atomic E-state index is 0.103. The Morgan fingerprint density at radius 1 is 1.05 bits per heavy atom. The van der Waals surface area contributed by atoms with Crippen molar-refractivity contribution < 1.29 is 18.7 Å². The Kier molecular flexibility index (Phi) is 8.26. The zero-order chi connectivity index (χ0) is 27.4. The van der Waals surface area contributed by atoms with Crippen molar-refractivity contribution >= 4 is 41.0 Å². The molecule has 0 bridgehead atoms. The molecule has 4 aromatic rings. The number of nitrogens with one attached hydrogen (secondary N) is 1. The number of ether oxygens (including phenoxy) is 1. The molecule has 1 saturated heterocycles. The van der Waals surface area contributed by atoms with E-state index in [1.807, 2.05) is 18.2 Å². The van der Waals surface area contributed by atoms with Gasteiger partial charge >= 0.3 is 0 Å². The lowest BCUT2D eigenvalue weighted by atomic mass is 10.1. The summed E-state index contributed by atoms with van der Waals surface area (Å²) in [6.07, 6.45) is 3.17. The number of rotatable bonds is 8. The Morgan fingerprint density at radius 3 is 2.56 bits per heavy atom. The van der Waals surface area contributed by atoms with Crippen LogP contribution >= 0.6 is 23.2 Å². The Balaban J connectivity index is 1.43. The summed E-state index contributed by atoms with van der Waals surface area (Å²) in [7, 11) is 0. The molecule has 1 aromatic heterocycles. The molecule has 1 N–H and O–H groups in total. The second-order valence-corrected chi connectivity index (χ2v) is 10.0. The van der Waals surface area contributed by atoms with Crippen LogP contribution in [0.2, 0.25) is 10.0 Å². The Hall–Kier alpha value is -3.72. The first-order chi connectivity index (χ1) is 18.9. The first-order valence-corrected chi connectivity index (χ1v) is 13.2. The van der Waals surface area contributed by atoms with E-state index in [9.17, 15) is 14.0 Å². The van der Waals surface area contributed by atoms with Gasteiger partial charge in [0.05, 0.1) is 17.4 Å². The standard InChI is InChI=1S/C29H25Cl2FN4O3/c30-20-12-10-19(11-13-20)26-17-36(22-6-3-5-21(31)15-22)29(33-26)34-27(37)18-35(16-23-7-4-14-39-23)28(38)24-8-1-2-9-25(24)32/h1-3,5-6,8-13,15,17,23H,4,7,14,16,18H2,(H,33,34,37). The van der Waals surface area contributed by atoms with Crippen LogP contribution in [0, 0.1) is 5.82 Å². The molecule has 1 fully saturated rings. The number of carbonyl (C=O) groups excluding carboxylic acids is 2. The molecule has 0 spiro atoms. The van der Waals surface area contributed by atoms with Crippen LogP contribution in [-0.2, 0) is 9.53 Å². The van der Waals surface area contributed by atoms with E-state index in [2.05, 4.69) is 10.3 Å². The van der Waals surface area contributed by atoms with Crippen LogP contribution in [0.15, 0.2) is 79.0 Å². The SMILES string of the molecule is O=C(CN(CC1CCCO1)C(=O)c1ccccc1F)Nc1nc(-c2ccc(Cl)cc2)cn1-c1cccc(Cl)c1. The molecule has 10 heteroatoms. The topological polar surface area (TPSA) is 76.5 Å². The van der Waals surface area contributed by atoms with Gasteiger partial charge in [-0.05, 0) is 55.3 Å². The average Bonchev–Trinajstić information content (AvgIpc) is 3.59. The number of halogens is 3. The highest BCUT2D eigenvalue weighted by Gasteiger charge is 2.27. The molecule has 2 amide bonds. The third-order valence-corrected chi connectivity index (χ3v) is 6.84. The molecule has 0 radical (unpaired) electrons. The number of hydrogen-bond acceptors (Lipinski definition) is 4. The predicted molar refractivity (Wildman–Crippen MR) is 149 cm³/mol. The first-order valence-electron chi connectivity index (χ1n) is 12.4. The van der Waals surface area contributed by atoms with E-state index in [1.54, 1.807) is 47.2 Å². The lowest BCUT2D eigenvalue weighted by molar-refractivity contribution is -0.117. The fourth-order valence-corrected chi connectivity index (χ4v) is 4.76. The van der Waals surface area contributed by atoms with Gasteiger partial charge in [-0.1, -0.05) is 53.5 Å². The third kappa shape index (κ3) is 6.47. The number of anilines is 1. The minimum atomic E-state index is -0.649. The van der Waals surface area contributed by atoms with Crippen molar-refractivity contribution in [1.29, 1.82) is 0 Å². The van der Waals surface area contributed by atoms with Gasteiger partial charge in [-0.15, -0.1) is 0 Å². The second kappa shape index (κ2) is 12.0. The molecular weight excluding hydrogens is 542 g/mol. The van der Waals surface area contributed by atoms with E-state index in [1.165, 1.54) is 23.1 Å². The van der Waals surface area contributed by atoms with Gasteiger partial charge in [-0.25, -0.2) is 9.37 Å². The normalized spacial score (nSPS) is 14.8. The summed E-state index contributed by atoms with van der Waals surface area (Å²) in [6, 6.07) is 20.0. The molecule has 1 aliphatic heterocycles. The number of amides is 2. The first kappa shape index (κ1) is 26.9. The quantitative estimate of drug-likeness (QED) is 0.273. The van der Waals surface area contributed by atoms with Gasteiger partial charge in [0.2, 0.25) is 11.9 Å². The van der Waals surface area contributed by atoms with E-state index in [0.29, 0.717) is 28.0 Å². The molecule has 39 heavy (non-hydrogen) atoms. The van der Waals surface area contributed by atoms with Gasteiger partial charge in [-0.3, -0.25) is 19.5 Å². The largest absolute Gasteiger partial charge is 0.376 e. The summed E-state index contributed by atoms with van der Waals surface area (Å²) < 4.78 is 21.8. The van der Waals surface area contributed by atoms with Crippen molar-refractivity contribution in [2.45, 2.75) is 18.9 Å². The Bertz CT molecular complexity index is 1490. The second-order valence-electron chi connectivity index (χ2n) is 9.16. The molecule has 2 heterocycles. The van der Waals surface area contributed by atoms with Crippen LogP contribution in [0.4, 0.5) is 10.3 Å². The minimum Gasteiger partial charge on any atom is -0.376 e. The lowest BCUT2D eigenvalue weighted by Gasteiger charge is -2.25. The van der Waals surface area contributed by atoms with Gasteiger partial charge in [-0.2, -0.15) is 0 Å². The summed E-state index contributed by atoms with van der Waals surface area (Å²) in [5, 5.41) is 3.93. The predicted octanol–water partition coefficient (Wildman–Crippen LogP) is 6.25. The monoisotopic (exact) mass is 566 g/mol. The van der Waals surface area contributed by atoms with Crippen LogP contribution in [0.1, 0.15) is 23.2 Å². The van der Waals surface area contributed by atoms with Crippen LogP contribution < -0.4 is 5.32 Å². The molecule has 7 nitrogen and oxygen atoms in total. The molecule has 1 aliphatic rings. The van der Waals surface area contributed by atoms with Crippen LogP contribution in [0.3, 0.4) is 0 Å². The highest BCUT2D eigenvalue weighted by atomic mass is 35.5. The number of imidazole rings is 1. The number of carbonyl (C=O) groups is 2. The maximum atomic E-state index is 14.4. The van der Waals surface area contributed by atoms with E-state index in [4.69, 9.17) is 27.9 Å². The van der Waals surface area contributed by atoms with Crippen molar-refractivity contribution in [3.05, 3.63) is 100 Å². The molecule has 200 valence electrons. The van der Waals surface area contributed by atoms with Gasteiger partial charge in [0.1, 0.15) is 12.4 Å². The van der Waals surface area contributed by atoms with E-state index in [0.717, 1.165) is 18.4 Å². The molecular formula is C29H25Cl2FN4O3. The van der Waals surface area contributed by atoms with Crippen molar-refractivity contribution in [3.63, 3.8) is 0 Å². The van der Waals surface area contributed by atoms with Gasteiger partial charge in [0, 0.05) is 40.6 Å². The Morgan fingerprint density at radius 2 is 1.85 bits per heavy atom. The maximum absolute atomic E-state index is 14.4. The van der Waals surface area contributed by atoms with Gasteiger partial charge in [0.15, 0.2) is 0 Å². The molecule has 3 aromatic carbocycles. The maximum Gasteiger partial charge on any atom is 0.257 e. The van der Waals surface area contributed by atoms with E-state index < -0.39 is 17.6 Å². The van der Waals surface area contributed by atoms with Crippen LogP contribution in [0.5, 0.6) is 0 Å². The van der Waals surface area contributed by atoms with E-state index >= 15 is 0 Å². The average molecular weight is 567 g/mol. The smallest absolute Gasteiger partial charge is 0.257 e. The lowest BCUT2D eigenvalue weighted by Crippen LogP contribution is -2.42. The summed E-state index contributed by atoms with van der Waals surface area (Å²) >= 11 is 12.3. The fraction of sp³-hybridized carbons (Fsp3) is 0.207. The zero-order valence-corrected chi connectivity index (χ0v) is 22.3. The summed E-state index contributed by atoms with van der Waals surface area (Å²) in [6.45, 7) is 0.439. The van der Waals surface area contributed by atoms with Crippen molar-refractivity contribution in [1.82, 2.24) is 14.5 Å². The van der Waals surface area contributed by atoms with Crippen molar-refractivity contribution in [2.24, 2.45) is 0 Å². The highest BCUT2D eigenvalue weighted by Crippen LogP contribution is 2.27. The number of benzene rings is 3. The van der Waals surface area contributed by atoms with Gasteiger partial charge in [0.25, 0.3) is 5.91 Å².